The molecule has 0 bridgehead atoms. The van der Waals surface area contributed by atoms with Crippen LogP contribution >= 0.6 is 0 Å². The summed E-state index contributed by atoms with van der Waals surface area (Å²) in [5, 5.41) is 16.7. The van der Waals surface area contributed by atoms with E-state index in [-0.39, 0.29) is 24.7 Å². The molecule has 0 saturated carbocycles. The first-order chi connectivity index (χ1) is 9.81. The van der Waals surface area contributed by atoms with Gasteiger partial charge in [-0.15, -0.1) is 10.2 Å². The lowest BCUT2D eigenvalue weighted by Crippen LogP contribution is -2.20. The second-order valence-electron chi connectivity index (χ2n) is 3.65. The van der Waals surface area contributed by atoms with E-state index in [1.165, 1.54) is 0 Å². The number of oxime groups is 1. The largest absolute Gasteiger partial charge is 0.461 e. The number of aromatic nitrogens is 4. The first-order valence-electron chi connectivity index (χ1n) is 5.96. The Balaban J connectivity index is 2.07. The number of nitrogens with one attached hydrogen (secondary N) is 1. The second kappa shape index (κ2) is 6.98. The van der Waals surface area contributed by atoms with Gasteiger partial charge < -0.3 is 9.57 Å². The van der Waals surface area contributed by atoms with E-state index in [1.54, 1.807) is 6.92 Å². The maximum Gasteiger partial charge on any atom is 0.364 e. The Morgan fingerprint density at radius 2 is 2.15 bits per heavy atom. The summed E-state index contributed by atoms with van der Waals surface area (Å²) in [7, 11) is 0. The van der Waals surface area contributed by atoms with E-state index >= 15 is 0 Å². The molecule has 0 aliphatic rings. The van der Waals surface area contributed by atoms with Crippen LogP contribution in [-0.2, 0) is 21.0 Å². The standard InChI is InChI=1S/C12H13N5O3/c1-2-19-12(18)10(11-13-16-17-14-11)15-20-8-9-6-4-3-5-7-9/h3-7H,2,8H2,1H3,(H,13,14,16,17)/b15-10+. The first-order valence-corrected chi connectivity index (χ1v) is 5.96. The van der Waals surface area contributed by atoms with Crippen molar-refractivity contribution < 1.29 is 14.4 Å². The number of benzene rings is 1. The van der Waals surface area contributed by atoms with Crippen molar-refractivity contribution in [2.75, 3.05) is 6.61 Å². The summed E-state index contributed by atoms with van der Waals surface area (Å²) in [6.45, 7) is 2.13. The Morgan fingerprint density at radius 1 is 1.35 bits per heavy atom. The molecule has 0 aliphatic carbocycles. The number of H-pyrrole nitrogens is 1. The van der Waals surface area contributed by atoms with Gasteiger partial charge in [0.2, 0.25) is 11.5 Å². The molecule has 8 nitrogen and oxygen atoms in total. The van der Waals surface area contributed by atoms with Gasteiger partial charge in [-0.25, -0.2) is 4.79 Å². The minimum atomic E-state index is -0.665. The maximum absolute atomic E-state index is 11.7. The van der Waals surface area contributed by atoms with Crippen LogP contribution in [0.3, 0.4) is 0 Å². The summed E-state index contributed by atoms with van der Waals surface area (Å²) >= 11 is 0. The number of esters is 1. The molecule has 1 aromatic carbocycles. The molecule has 0 radical (unpaired) electrons. The van der Waals surface area contributed by atoms with E-state index in [0.717, 1.165) is 5.56 Å². The molecule has 2 rings (SSSR count). The fraction of sp³-hybridized carbons (Fsp3) is 0.250. The van der Waals surface area contributed by atoms with Crippen LogP contribution in [0.2, 0.25) is 0 Å². The Labute approximate surface area is 114 Å². The van der Waals surface area contributed by atoms with Crippen LogP contribution < -0.4 is 0 Å². The zero-order valence-corrected chi connectivity index (χ0v) is 10.8. The van der Waals surface area contributed by atoms with Gasteiger partial charge in [-0.05, 0) is 17.7 Å². The van der Waals surface area contributed by atoms with Gasteiger partial charge in [0.05, 0.1) is 6.61 Å². The van der Waals surface area contributed by atoms with Crippen LogP contribution in [0.25, 0.3) is 0 Å². The van der Waals surface area contributed by atoms with Gasteiger partial charge in [-0.3, -0.25) is 0 Å². The van der Waals surface area contributed by atoms with Crippen LogP contribution in [0, 0.1) is 0 Å². The Hall–Kier alpha value is -2.77. The molecule has 20 heavy (non-hydrogen) atoms. The van der Waals surface area contributed by atoms with E-state index in [0.29, 0.717) is 0 Å². The molecular formula is C12H13N5O3. The number of carbonyl (C=O) groups is 1. The van der Waals surface area contributed by atoms with E-state index in [1.807, 2.05) is 30.3 Å². The number of hydrogen-bond acceptors (Lipinski definition) is 7. The van der Waals surface area contributed by atoms with Gasteiger partial charge in [0.25, 0.3) is 0 Å². The van der Waals surface area contributed by atoms with Crippen molar-refractivity contribution in [3.05, 3.63) is 41.7 Å². The smallest absolute Gasteiger partial charge is 0.364 e. The molecule has 0 spiro atoms. The number of hydrogen-bond donors (Lipinski definition) is 1. The number of tetrazole rings is 1. The third kappa shape index (κ3) is 3.61. The Bertz CT molecular complexity index is 568. The first kappa shape index (κ1) is 13.7. The lowest BCUT2D eigenvalue weighted by Gasteiger charge is -2.03. The minimum absolute atomic E-state index is 0.0245. The van der Waals surface area contributed by atoms with Crippen molar-refractivity contribution in [1.82, 2.24) is 20.6 Å². The van der Waals surface area contributed by atoms with Crippen molar-refractivity contribution in [2.24, 2.45) is 5.16 Å². The van der Waals surface area contributed by atoms with Crippen LogP contribution in [0.4, 0.5) is 0 Å². The molecule has 8 heteroatoms. The predicted molar refractivity (Wildman–Crippen MR) is 68.6 cm³/mol. The second-order valence-corrected chi connectivity index (χ2v) is 3.65. The van der Waals surface area contributed by atoms with Gasteiger partial charge in [-0.2, -0.15) is 5.21 Å². The summed E-state index contributed by atoms with van der Waals surface area (Å²) in [5.74, 6) is -0.640. The molecule has 0 fully saturated rings. The molecule has 1 N–H and O–H groups in total. The third-order valence-electron chi connectivity index (χ3n) is 2.26. The molecule has 104 valence electrons. The molecule has 0 unspecified atom stereocenters. The van der Waals surface area contributed by atoms with Crippen LogP contribution in [0.5, 0.6) is 0 Å². The summed E-state index contributed by atoms with van der Waals surface area (Å²) < 4.78 is 4.86. The van der Waals surface area contributed by atoms with Crippen molar-refractivity contribution >= 4 is 11.7 Å². The average molecular weight is 275 g/mol. The lowest BCUT2D eigenvalue weighted by molar-refractivity contribution is -0.135. The lowest BCUT2D eigenvalue weighted by atomic mass is 10.2. The van der Waals surface area contributed by atoms with E-state index in [9.17, 15) is 4.79 Å². The molecule has 2 aromatic rings. The van der Waals surface area contributed by atoms with Crippen molar-refractivity contribution in [1.29, 1.82) is 0 Å². The number of nitrogens with zero attached hydrogens (tertiary/aromatic N) is 4. The molecule has 1 heterocycles. The molecule has 0 aliphatic heterocycles. The highest BCUT2D eigenvalue weighted by Gasteiger charge is 2.21. The highest BCUT2D eigenvalue weighted by molar-refractivity contribution is 6.42. The van der Waals surface area contributed by atoms with Gasteiger partial charge in [0.1, 0.15) is 6.61 Å². The number of rotatable bonds is 6. The fourth-order valence-corrected chi connectivity index (χ4v) is 1.38. The average Bonchev–Trinajstić information content (AvgIpc) is 2.99. The van der Waals surface area contributed by atoms with E-state index in [4.69, 9.17) is 9.57 Å². The SMILES string of the molecule is CCOC(=O)/C(=N/OCc1ccccc1)c1nn[nH]n1. The third-order valence-corrected chi connectivity index (χ3v) is 2.26. The van der Waals surface area contributed by atoms with Gasteiger partial charge in [0, 0.05) is 0 Å². The highest BCUT2D eigenvalue weighted by atomic mass is 16.6. The maximum atomic E-state index is 11.7. The quantitative estimate of drug-likeness (QED) is 0.472. The van der Waals surface area contributed by atoms with E-state index in [2.05, 4.69) is 25.8 Å². The summed E-state index contributed by atoms with van der Waals surface area (Å²) in [6.07, 6.45) is 0. The van der Waals surface area contributed by atoms with Gasteiger partial charge in [-0.1, -0.05) is 35.5 Å². The monoisotopic (exact) mass is 275 g/mol. The Kier molecular flexibility index (Phi) is 4.76. The predicted octanol–water partition coefficient (Wildman–Crippen LogP) is 0.684. The summed E-state index contributed by atoms with van der Waals surface area (Å²) in [5.41, 5.74) is 0.795. The van der Waals surface area contributed by atoms with Gasteiger partial charge >= 0.3 is 5.97 Å². The molecular weight excluding hydrogens is 262 g/mol. The summed E-state index contributed by atoms with van der Waals surface area (Å²) in [6, 6.07) is 9.43. The van der Waals surface area contributed by atoms with E-state index < -0.39 is 5.97 Å². The highest BCUT2D eigenvalue weighted by Crippen LogP contribution is 2.02. The van der Waals surface area contributed by atoms with Gasteiger partial charge in [0.15, 0.2) is 0 Å². The van der Waals surface area contributed by atoms with Crippen molar-refractivity contribution in [3.8, 4) is 0 Å². The molecule has 0 atom stereocenters. The van der Waals surface area contributed by atoms with Crippen molar-refractivity contribution in [3.63, 3.8) is 0 Å². The zero-order valence-electron chi connectivity index (χ0n) is 10.8. The zero-order chi connectivity index (χ0) is 14.2. The van der Waals surface area contributed by atoms with Crippen molar-refractivity contribution in [2.45, 2.75) is 13.5 Å². The number of ether oxygens (including phenoxy) is 1. The number of carbonyl (C=O) groups excluding carboxylic acids is 1. The van der Waals surface area contributed by atoms with Crippen LogP contribution in [-0.4, -0.2) is 38.9 Å². The molecule has 0 amide bonds. The molecule has 0 saturated heterocycles. The van der Waals surface area contributed by atoms with Crippen LogP contribution in [0.1, 0.15) is 18.3 Å². The van der Waals surface area contributed by atoms with Crippen LogP contribution in [0.15, 0.2) is 35.5 Å². The molecule has 1 aromatic heterocycles. The summed E-state index contributed by atoms with van der Waals surface area (Å²) in [4.78, 5) is 16.9. The normalized spacial score (nSPS) is 11.2. The number of aromatic amines is 1. The topological polar surface area (TPSA) is 102 Å². The fourth-order valence-electron chi connectivity index (χ4n) is 1.38. The minimum Gasteiger partial charge on any atom is -0.461 e. The Morgan fingerprint density at radius 3 is 2.80 bits per heavy atom.